The van der Waals surface area contributed by atoms with Crippen molar-refractivity contribution < 1.29 is 35.3 Å². The maximum absolute atomic E-state index is 12.6. The summed E-state index contributed by atoms with van der Waals surface area (Å²) in [6.45, 7) is 0. The number of alkyl halides is 5. The van der Waals surface area contributed by atoms with Crippen LogP contribution in [0.2, 0.25) is 0 Å². The molecular weight excluding hydrogens is 339 g/mol. The molecule has 1 aromatic heterocycles. The minimum absolute atomic E-state index is 0.343. The molecule has 0 saturated carbocycles. The molecule has 0 unspecified atom stereocenters. The van der Waals surface area contributed by atoms with Crippen molar-refractivity contribution in [2.24, 2.45) is 0 Å². The minimum atomic E-state index is -5.38. The van der Waals surface area contributed by atoms with E-state index in [0.717, 1.165) is 0 Å². The van der Waals surface area contributed by atoms with Gasteiger partial charge in [-0.1, -0.05) is 0 Å². The Bertz CT molecular complexity index is 660. The number of aromatic nitrogens is 1. The van der Waals surface area contributed by atoms with Crippen LogP contribution < -0.4 is 0 Å². The van der Waals surface area contributed by atoms with Gasteiger partial charge in [-0.2, -0.15) is 13.2 Å². The van der Waals surface area contributed by atoms with Crippen molar-refractivity contribution in [3.05, 3.63) is 27.4 Å². The van der Waals surface area contributed by atoms with Crippen molar-refractivity contribution in [2.75, 3.05) is 0 Å². The highest BCUT2D eigenvalue weighted by Gasteiger charge is 2.42. The van der Waals surface area contributed by atoms with E-state index in [4.69, 9.17) is 0 Å². The summed E-state index contributed by atoms with van der Waals surface area (Å²) in [6, 6.07) is -0.343. The van der Waals surface area contributed by atoms with Gasteiger partial charge >= 0.3 is 6.18 Å². The molecule has 0 saturated heterocycles. The SMILES string of the molecule is O=[N+]([O-])c1cc(C(F)(F)F)c(S(=O)(=O)Cl)nc1C(F)F. The molecule has 1 heterocycles. The van der Waals surface area contributed by atoms with Crippen LogP contribution in [-0.4, -0.2) is 18.3 Å². The van der Waals surface area contributed by atoms with Crippen molar-refractivity contribution in [3.8, 4) is 0 Å². The molecule has 0 aromatic carbocycles. The quantitative estimate of drug-likeness (QED) is 0.365. The van der Waals surface area contributed by atoms with Crippen molar-refractivity contribution in [1.82, 2.24) is 4.98 Å². The van der Waals surface area contributed by atoms with Crippen LogP contribution in [0, 0.1) is 10.1 Å². The van der Waals surface area contributed by atoms with Crippen LogP contribution in [0.1, 0.15) is 17.7 Å². The van der Waals surface area contributed by atoms with Crippen LogP contribution in [0.5, 0.6) is 0 Å². The Hall–Kier alpha value is -1.56. The Morgan fingerprint density at radius 1 is 1.35 bits per heavy atom. The summed E-state index contributed by atoms with van der Waals surface area (Å²) in [6.07, 6.45) is -9.04. The van der Waals surface area contributed by atoms with E-state index in [0.29, 0.717) is 0 Å². The summed E-state index contributed by atoms with van der Waals surface area (Å²) in [5.74, 6) is 0. The molecule has 0 aliphatic carbocycles. The Balaban J connectivity index is 3.85. The van der Waals surface area contributed by atoms with Crippen molar-refractivity contribution in [2.45, 2.75) is 17.6 Å². The second-order valence-corrected chi connectivity index (χ2v) is 5.72. The fraction of sp³-hybridized carbons (Fsp3) is 0.286. The third-order valence-corrected chi connectivity index (χ3v) is 3.15. The van der Waals surface area contributed by atoms with Crippen LogP contribution in [0.25, 0.3) is 0 Å². The number of pyridine rings is 1. The topological polar surface area (TPSA) is 90.2 Å². The first-order chi connectivity index (χ1) is 8.85. The number of rotatable bonds is 3. The molecule has 0 bridgehead atoms. The summed E-state index contributed by atoms with van der Waals surface area (Å²) >= 11 is 0. The van der Waals surface area contributed by atoms with Gasteiger partial charge in [0.2, 0.25) is 0 Å². The summed E-state index contributed by atoms with van der Waals surface area (Å²) in [4.78, 5) is 11.4. The molecule has 0 aliphatic heterocycles. The highest BCUT2D eigenvalue weighted by Crippen LogP contribution is 2.39. The van der Waals surface area contributed by atoms with Crippen LogP contribution >= 0.6 is 10.7 Å². The van der Waals surface area contributed by atoms with Crippen LogP contribution in [0.4, 0.5) is 27.6 Å². The molecule has 0 atom stereocenters. The van der Waals surface area contributed by atoms with Crippen molar-refractivity contribution >= 4 is 25.4 Å². The predicted molar refractivity (Wildman–Crippen MR) is 53.9 cm³/mol. The molecule has 0 fully saturated rings. The summed E-state index contributed by atoms with van der Waals surface area (Å²) in [5, 5.41) is 8.54. The van der Waals surface area contributed by atoms with E-state index in [2.05, 4.69) is 15.7 Å². The number of hydrogen-bond donors (Lipinski definition) is 0. The molecule has 6 nitrogen and oxygen atoms in total. The van der Waals surface area contributed by atoms with Crippen LogP contribution in [0.3, 0.4) is 0 Å². The molecular formula is C7H2ClF5N2O4S. The second-order valence-electron chi connectivity index (χ2n) is 3.24. The van der Waals surface area contributed by atoms with Gasteiger partial charge in [0.25, 0.3) is 21.2 Å². The molecule has 1 rings (SSSR count). The molecule has 0 spiro atoms. The molecule has 20 heavy (non-hydrogen) atoms. The third-order valence-electron chi connectivity index (χ3n) is 1.94. The molecule has 112 valence electrons. The lowest BCUT2D eigenvalue weighted by Gasteiger charge is -2.11. The average Bonchev–Trinajstić information content (AvgIpc) is 2.24. The standard InChI is InChI=1S/C7H2ClF5N2O4S/c8-20(18,19)6-2(7(11,12)13)1-3(15(16)17)4(14-6)5(9)10/h1,5H. The molecule has 0 N–H and O–H groups in total. The zero-order valence-electron chi connectivity index (χ0n) is 8.86. The lowest BCUT2D eigenvalue weighted by atomic mass is 10.2. The lowest BCUT2D eigenvalue weighted by molar-refractivity contribution is -0.387. The fourth-order valence-electron chi connectivity index (χ4n) is 1.20. The number of hydrogen-bond acceptors (Lipinski definition) is 5. The van der Waals surface area contributed by atoms with E-state index < -0.39 is 48.5 Å². The Labute approximate surface area is 111 Å². The first kappa shape index (κ1) is 16.5. The van der Waals surface area contributed by atoms with E-state index >= 15 is 0 Å². The summed E-state index contributed by atoms with van der Waals surface area (Å²) in [5.41, 5.74) is -5.47. The fourth-order valence-corrected chi connectivity index (χ4v) is 2.19. The molecule has 0 radical (unpaired) electrons. The van der Waals surface area contributed by atoms with E-state index in [-0.39, 0.29) is 6.07 Å². The van der Waals surface area contributed by atoms with Crippen LogP contribution in [-0.2, 0) is 15.2 Å². The first-order valence-corrected chi connectivity index (χ1v) is 6.66. The van der Waals surface area contributed by atoms with Gasteiger partial charge in [0.1, 0.15) is 5.56 Å². The zero-order valence-corrected chi connectivity index (χ0v) is 10.4. The predicted octanol–water partition coefficient (Wildman–Crippen LogP) is 2.87. The smallest absolute Gasteiger partial charge is 0.258 e. The third kappa shape index (κ3) is 3.30. The van der Waals surface area contributed by atoms with Gasteiger partial charge in [0.15, 0.2) is 10.7 Å². The van der Waals surface area contributed by atoms with E-state index in [1.807, 2.05) is 0 Å². The molecule has 1 aromatic rings. The van der Waals surface area contributed by atoms with E-state index in [1.165, 1.54) is 0 Å². The molecule has 0 amide bonds. The van der Waals surface area contributed by atoms with Gasteiger partial charge in [0.05, 0.1) is 4.92 Å². The number of halogens is 6. The summed E-state index contributed by atoms with van der Waals surface area (Å²) < 4.78 is 84.6. The highest BCUT2D eigenvalue weighted by atomic mass is 35.7. The van der Waals surface area contributed by atoms with Gasteiger partial charge in [-0.15, -0.1) is 0 Å². The van der Waals surface area contributed by atoms with Crippen molar-refractivity contribution in [1.29, 1.82) is 0 Å². The second kappa shape index (κ2) is 5.09. The largest absolute Gasteiger partial charge is 0.419 e. The lowest BCUT2D eigenvalue weighted by Crippen LogP contribution is -2.15. The van der Waals surface area contributed by atoms with Gasteiger partial charge in [-0.3, -0.25) is 10.1 Å². The zero-order chi connectivity index (χ0) is 15.9. The maximum Gasteiger partial charge on any atom is 0.419 e. The number of nitrogens with zero attached hydrogens (tertiary/aromatic N) is 2. The van der Waals surface area contributed by atoms with Gasteiger partial charge in [-0.05, 0) is 0 Å². The first-order valence-electron chi connectivity index (χ1n) is 4.35. The highest BCUT2D eigenvalue weighted by molar-refractivity contribution is 8.13. The monoisotopic (exact) mass is 340 g/mol. The molecule has 13 heteroatoms. The molecule has 0 aliphatic rings. The van der Waals surface area contributed by atoms with Gasteiger partial charge in [0, 0.05) is 16.7 Å². The minimum Gasteiger partial charge on any atom is -0.258 e. The maximum atomic E-state index is 12.6. The Morgan fingerprint density at radius 3 is 2.15 bits per heavy atom. The average molecular weight is 341 g/mol. The summed E-state index contributed by atoms with van der Waals surface area (Å²) in [7, 11) is -0.457. The Kier molecular flexibility index (Phi) is 4.20. The van der Waals surface area contributed by atoms with E-state index in [9.17, 15) is 40.5 Å². The van der Waals surface area contributed by atoms with E-state index in [1.54, 1.807) is 0 Å². The van der Waals surface area contributed by atoms with Crippen molar-refractivity contribution in [3.63, 3.8) is 0 Å². The normalized spacial score (nSPS) is 12.8. The van der Waals surface area contributed by atoms with Crippen LogP contribution in [0.15, 0.2) is 11.1 Å². The van der Waals surface area contributed by atoms with Gasteiger partial charge < -0.3 is 0 Å². The Morgan fingerprint density at radius 2 is 1.85 bits per heavy atom. The van der Waals surface area contributed by atoms with Gasteiger partial charge in [-0.25, -0.2) is 22.2 Å². The number of nitro groups is 1.